The minimum absolute atomic E-state index is 0.0410. The molecule has 1 aromatic heterocycles. The maximum Gasteiger partial charge on any atom is 0.416 e. The molecule has 1 N–H and O–H groups in total. The van der Waals surface area contributed by atoms with Gasteiger partial charge in [0.1, 0.15) is 0 Å². The molecule has 4 nitrogen and oxygen atoms in total. The molecule has 1 amide bonds. The zero-order valence-corrected chi connectivity index (χ0v) is 15.1. The molecular weight excluding hydrogens is 402 g/mol. The normalized spacial score (nSPS) is 11.4. The van der Waals surface area contributed by atoms with Gasteiger partial charge in [-0.1, -0.05) is 35.3 Å². The number of benzene rings is 2. The number of amides is 1. The second kappa shape index (κ2) is 7.62. The van der Waals surface area contributed by atoms with Gasteiger partial charge in [-0.05, 0) is 35.9 Å². The lowest BCUT2D eigenvalue weighted by Gasteiger charge is -2.09. The van der Waals surface area contributed by atoms with Crippen molar-refractivity contribution < 1.29 is 18.0 Å². The molecule has 0 aliphatic carbocycles. The van der Waals surface area contributed by atoms with Gasteiger partial charge in [0.05, 0.1) is 33.1 Å². The first kappa shape index (κ1) is 19.3. The molecule has 1 heterocycles. The zero-order valence-electron chi connectivity index (χ0n) is 13.6. The molecule has 9 heteroatoms. The van der Waals surface area contributed by atoms with E-state index in [-0.39, 0.29) is 12.1 Å². The zero-order chi connectivity index (χ0) is 19.6. The maximum atomic E-state index is 12.7. The van der Waals surface area contributed by atoms with Crippen molar-refractivity contribution >= 4 is 29.1 Å². The van der Waals surface area contributed by atoms with Crippen molar-refractivity contribution in [1.29, 1.82) is 0 Å². The van der Waals surface area contributed by atoms with E-state index in [1.807, 2.05) is 0 Å². The smallest absolute Gasteiger partial charge is 0.348 e. The molecule has 0 fully saturated rings. The summed E-state index contributed by atoms with van der Waals surface area (Å²) in [4.78, 5) is 12.2. The Morgan fingerprint density at radius 1 is 1.11 bits per heavy atom. The van der Waals surface area contributed by atoms with Gasteiger partial charge in [-0.2, -0.15) is 18.3 Å². The largest absolute Gasteiger partial charge is 0.416 e. The van der Waals surface area contributed by atoms with Crippen LogP contribution in [0.5, 0.6) is 0 Å². The predicted molar refractivity (Wildman–Crippen MR) is 96.2 cm³/mol. The molecule has 2 aromatic carbocycles. The summed E-state index contributed by atoms with van der Waals surface area (Å²) >= 11 is 11.8. The Kier molecular flexibility index (Phi) is 5.43. The van der Waals surface area contributed by atoms with E-state index in [0.717, 1.165) is 12.1 Å². The number of nitrogens with one attached hydrogen (secondary N) is 1. The van der Waals surface area contributed by atoms with Gasteiger partial charge in [-0.15, -0.1) is 0 Å². The lowest BCUT2D eigenvalue weighted by molar-refractivity contribution is -0.137. The number of hydrogen-bond donors (Lipinski definition) is 1. The topological polar surface area (TPSA) is 46.9 Å². The van der Waals surface area contributed by atoms with Crippen molar-refractivity contribution in [2.24, 2.45) is 0 Å². The van der Waals surface area contributed by atoms with Gasteiger partial charge < -0.3 is 5.32 Å². The fourth-order valence-electron chi connectivity index (χ4n) is 2.35. The van der Waals surface area contributed by atoms with Gasteiger partial charge in [0.15, 0.2) is 0 Å². The third-order valence-corrected chi connectivity index (χ3v) is 4.46. The fraction of sp³-hybridized carbons (Fsp3) is 0.111. The van der Waals surface area contributed by atoms with Gasteiger partial charge in [0.25, 0.3) is 5.91 Å². The van der Waals surface area contributed by atoms with E-state index in [2.05, 4.69) is 10.4 Å². The van der Waals surface area contributed by atoms with Crippen molar-refractivity contribution in [3.05, 3.63) is 81.6 Å². The Labute approximate surface area is 162 Å². The van der Waals surface area contributed by atoms with E-state index < -0.39 is 17.6 Å². The van der Waals surface area contributed by atoms with Gasteiger partial charge in [-0.3, -0.25) is 4.79 Å². The van der Waals surface area contributed by atoms with Crippen LogP contribution in [0.3, 0.4) is 0 Å². The monoisotopic (exact) mass is 413 g/mol. The number of rotatable bonds is 4. The lowest BCUT2D eigenvalue weighted by Crippen LogP contribution is -2.22. The molecule has 0 saturated carbocycles. The van der Waals surface area contributed by atoms with E-state index in [1.165, 1.54) is 29.2 Å². The summed E-state index contributed by atoms with van der Waals surface area (Å²) in [7, 11) is 0. The van der Waals surface area contributed by atoms with Crippen LogP contribution >= 0.6 is 23.2 Å². The number of hydrogen-bond acceptors (Lipinski definition) is 2. The Morgan fingerprint density at radius 2 is 1.89 bits per heavy atom. The van der Waals surface area contributed by atoms with Gasteiger partial charge >= 0.3 is 6.18 Å². The van der Waals surface area contributed by atoms with E-state index in [0.29, 0.717) is 21.3 Å². The molecule has 0 aliphatic heterocycles. The summed E-state index contributed by atoms with van der Waals surface area (Å²) in [6.45, 7) is -0.0410. The Hall–Kier alpha value is -2.51. The highest BCUT2D eigenvalue weighted by Crippen LogP contribution is 2.29. The first-order valence-electron chi connectivity index (χ1n) is 7.68. The summed E-state index contributed by atoms with van der Waals surface area (Å²) in [6.07, 6.45) is -1.59. The minimum atomic E-state index is -4.43. The standard InChI is InChI=1S/C18H12Cl2F3N3O/c19-15-5-4-14(7-16(15)20)26-10-12(9-25-26)17(27)24-8-11-2-1-3-13(6-11)18(21,22)23/h1-7,9-10H,8H2,(H,24,27). The molecule has 140 valence electrons. The quantitative estimate of drug-likeness (QED) is 0.644. The molecule has 0 aliphatic rings. The number of aromatic nitrogens is 2. The molecule has 3 aromatic rings. The molecule has 0 atom stereocenters. The van der Waals surface area contributed by atoms with Crippen LogP contribution in [0.2, 0.25) is 10.0 Å². The molecule has 0 radical (unpaired) electrons. The first-order chi connectivity index (χ1) is 12.7. The lowest BCUT2D eigenvalue weighted by atomic mass is 10.1. The number of nitrogens with zero attached hydrogens (tertiary/aromatic N) is 2. The highest BCUT2D eigenvalue weighted by Gasteiger charge is 2.30. The van der Waals surface area contributed by atoms with Crippen LogP contribution in [0.15, 0.2) is 54.9 Å². The SMILES string of the molecule is O=C(NCc1cccc(C(F)(F)F)c1)c1cnn(-c2ccc(Cl)c(Cl)c2)c1. The van der Waals surface area contributed by atoms with E-state index in [4.69, 9.17) is 23.2 Å². The molecule has 0 saturated heterocycles. The van der Waals surface area contributed by atoms with Crippen LogP contribution in [0.25, 0.3) is 5.69 Å². The fourth-order valence-corrected chi connectivity index (χ4v) is 2.64. The highest BCUT2D eigenvalue weighted by molar-refractivity contribution is 6.42. The Balaban J connectivity index is 1.69. The predicted octanol–water partition coefficient (Wildman–Crippen LogP) is 5.13. The van der Waals surface area contributed by atoms with Crippen molar-refractivity contribution in [1.82, 2.24) is 15.1 Å². The number of carbonyl (C=O) groups excluding carboxylic acids is 1. The molecule has 27 heavy (non-hydrogen) atoms. The summed E-state index contributed by atoms with van der Waals surface area (Å²) in [6, 6.07) is 9.67. The van der Waals surface area contributed by atoms with E-state index in [9.17, 15) is 18.0 Å². The molecular formula is C18H12Cl2F3N3O. The number of carbonyl (C=O) groups is 1. The van der Waals surface area contributed by atoms with Gasteiger partial charge in [-0.25, -0.2) is 4.68 Å². The van der Waals surface area contributed by atoms with Crippen LogP contribution < -0.4 is 5.32 Å². The summed E-state index contributed by atoms with van der Waals surface area (Å²) in [5, 5.41) is 7.40. The molecule has 0 bridgehead atoms. The summed E-state index contributed by atoms with van der Waals surface area (Å²) in [5.41, 5.74) is 0.450. The van der Waals surface area contributed by atoms with E-state index >= 15 is 0 Å². The first-order valence-corrected chi connectivity index (χ1v) is 8.44. The van der Waals surface area contributed by atoms with E-state index in [1.54, 1.807) is 18.2 Å². The molecule has 0 unspecified atom stereocenters. The van der Waals surface area contributed by atoms with Crippen LogP contribution in [0, 0.1) is 0 Å². The van der Waals surface area contributed by atoms with Crippen molar-refractivity contribution in [2.45, 2.75) is 12.7 Å². The average Bonchev–Trinajstić information content (AvgIpc) is 3.12. The highest BCUT2D eigenvalue weighted by atomic mass is 35.5. The molecule has 3 rings (SSSR count). The Morgan fingerprint density at radius 3 is 2.59 bits per heavy atom. The van der Waals surface area contributed by atoms with Gasteiger partial charge in [0.2, 0.25) is 0 Å². The maximum absolute atomic E-state index is 12.7. The van der Waals surface area contributed by atoms with Crippen molar-refractivity contribution in [3.63, 3.8) is 0 Å². The van der Waals surface area contributed by atoms with Crippen molar-refractivity contribution in [3.8, 4) is 5.69 Å². The number of halogens is 5. The Bertz CT molecular complexity index is 986. The van der Waals surface area contributed by atoms with Crippen molar-refractivity contribution in [2.75, 3.05) is 0 Å². The summed E-state index contributed by atoms with van der Waals surface area (Å²) in [5.74, 6) is -0.460. The number of alkyl halides is 3. The summed E-state index contributed by atoms with van der Waals surface area (Å²) < 4.78 is 39.6. The van der Waals surface area contributed by atoms with Crippen LogP contribution in [0.1, 0.15) is 21.5 Å². The molecule has 0 spiro atoms. The van der Waals surface area contributed by atoms with Crippen LogP contribution in [-0.4, -0.2) is 15.7 Å². The minimum Gasteiger partial charge on any atom is -0.348 e. The third-order valence-electron chi connectivity index (χ3n) is 3.72. The van der Waals surface area contributed by atoms with Crippen LogP contribution in [-0.2, 0) is 12.7 Å². The van der Waals surface area contributed by atoms with Crippen LogP contribution in [0.4, 0.5) is 13.2 Å². The third kappa shape index (κ3) is 4.61. The van der Waals surface area contributed by atoms with Gasteiger partial charge in [0, 0.05) is 12.7 Å². The average molecular weight is 414 g/mol. The second-order valence-electron chi connectivity index (χ2n) is 5.65. The second-order valence-corrected chi connectivity index (χ2v) is 6.47.